The summed E-state index contributed by atoms with van der Waals surface area (Å²) in [7, 11) is 0. The van der Waals surface area contributed by atoms with Crippen molar-refractivity contribution in [3.63, 3.8) is 0 Å². The summed E-state index contributed by atoms with van der Waals surface area (Å²) in [6.07, 6.45) is 0. The number of hydrogen-bond donors (Lipinski definition) is 0. The van der Waals surface area contributed by atoms with Crippen molar-refractivity contribution in [2.75, 3.05) is 4.90 Å². The molecule has 28 heavy (non-hydrogen) atoms. The summed E-state index contributed by atoms with van der Waals surface area (Å²) in [4.78, 5) is 25.8. The lowest BCUT2D eigenvalue weighted by Crippen LogP contribution is -2.12. The maximum atomic E-state index is 12.1. The van der Waals surface area contributed by atoms with Gasteiger partial charge in [-0.1, -0.05) is 43.8 Å². The van der Waals surface area contributed by atoms with E-state index >= 15 is 0 Å². The third-order valence-corrected chi connectivity index (χ3v) is 4.39. The first-order chi connectivity index (χ1) is 13.1. The van der Waals surface area contributed by atoms with Gasteiger partial charge in [0.1, 0.15) is 11.1 Å². The Balaban J connectivity index is 0.00000225. The minimum Gasteiger partial charge on any atom is -0.422 e. The van der Waals surface area contributed by atoms with Gasteiger partial charge in [0.15, 0.2) is 5.78 Å². The van der Waals surface area contributed by atoms with Gasteiger partial charge in [0.2, 0.25) is 0 Å². The topological polar surface area (TPSA) is 50.5 Å². The molecular formula is C24H21NO3. The summed E-state index contributed by atoms with van der Waals surface area (Å²) in [5.41, 5.74) is 2.74. The van der Waals surface area contributed by atoms with Gasteiger partial charge >= 0.3 is 5.63 Å². The molecule has 0 bridgehead atoms. The van der Waals surface area contributed by atoms with E-state index in [0.29, 0.717) is 11.0 Å². The third-order valence-electron chi connectivity index (χ3n) is 4.39. The van der Waals surface area contributed by atoms with E-state index in [0.717, 1.165) is 17.1 Å². The standard InChI is InChI=1S/C23H17NO3.CH4/c1-16(25)21-14-17-12-13-20(15-22(17)27-23(21)26)24(18-8-4-2-5-9-18)19-10-6-3-7-11-19;/h2-15H,1H3;1H4. The Morgan fingerprint density at radius 2 is 1.36 bits per heavy atom. The van der Waals surface area contributed by atoms with E-state index in [-0.39, 0.29) is 18.8 Å². The second-order valence-electron chi connectivity index (χ2n) is 6.23. The van der Waals surface area contributed by atoms with Gasteiger partial charge < -0.3 is 9.32 Å². The molecule has 0 unspecified atom stereocenters. The first kappa shape index (κ1) is 19.1. The average Bonchev–Trinajstić information content (AvgIpc) is 2.69. The zero-order chi connectivity index (χ0) is 18.8. The lowest BCUT2D eigenvalue weighted by atomic mass is 10.1. The van der Waals surface area contributed by atoms with Crippen molar-refractivity contribution >= 4 is 33.8 Å². The quantitative estimate of drug-likeness (QED) is 0.321. The summed E-state index contributed by atoms with van der Waals surface area (Å²) in [5.74, 6) is -0.301. The van der Waals surface area contributed by atoms with Gasteiger partial charge in [-0.2, -0.15) is 0 Å². The molecule has 0 saturated carbocycles. The number of anilines is 3. The van der Waals surface area contributed by atoms with E-state index in [9.17, 15) is 9.59 Å². The largest absolute Gasteiger partial charge is 0.422 e. The molecule has 0 radical (unpaired) electrons. The fraction of sp³-hybridized carbons (Fsp3) is 0.0833. The molecule has 0 N–H and O–H groups in total. The van der Waals surface area contributed by atoms with Crippen molar-refractivity contribution in [1.82, 2.24) is 0 Å². The van der Waals surface area contributed by atoms with E-state index in [1.165, 1.54) is 6.92 Å². The van der Waals surface area contributed by atoms with Crippen LogP contribution in [0.4, 0.5) is 17.1 Å². The van der Waals surface area contributed by atoms with Crippen LogP contribution in [-0.4, -0.2) is 5.78 Å². The molecule has 0 aliphatic rings. The van der Waals surface area contributed by atoms with Crippen molar-refractivity contribution in [3.05, 3.63) is 101 Å². The molecular weight excluding hydrogens is 350 g/mol. The molecule has 0 spiro atoms. The molecule has 4 heteroatoms. The van der Waals surface area contributed by atoms with Crippen LogP contribution in [0.1, 0.15) is 24.7 Å². The predicted octanol–water partition coefficient (Wildman–Crippen LogP) is 6.10. The number of carbonyl (C=O) groups is 1. The number of rotatable bonds is 4. The van der Waals surface area contributed by atoms with Crippen molar-refractivity contribution < 1.29 is 9.21 Å². The Labute approximate surface area is 163 Å². The first-order valence-electron chi connectivity index (χ1n) is 8.62. The Hall–Kier alpha value is -3.66. The monoisotopic (exact) mass is 371 g/mol. The maximum Gasteiger partial charge on any atom is 0.347 e. The second kappa shape index (κ2) is 7.92. The van der Waals surface area contributed by atoms with Crippen LogP contribution in [0, 0.1) is 0 Å². The number of hydrogen-bond acceptors (Lipinski definition) is 4. The molecule has 0 saturated heterocycles. The van der Waals surface area contributed by atoms with Gasteiger partial charge in [0.25, 0.3) is 0 Å². The van der Waals surface area contributed by atoms with Crippen molar-refractivity contribution in [1.29, 1.82) is 0 Å². The molecule has 4 rings (SSSR count). The zero-order valence-electron chi connectivity index (χ0n) is 14.8. The fourth-order valence-corrected chi connectivity index (χ4v) is 3.09. The number of nitrogens with zero attached hydrogens (tertiary/aromatic N) is 1. The molecule has 0 amide bonds. The van der Waals surface area contributed by atoms with E-state index < -0.39 is 5.63 Å². The van der Waals surface area contributed by atoms with Crippen LogP contribution in [0.2, 0.25) is 0 Å². The second-order valence-corrected chi connectivity index (χ2v) is 6.23. The van der Waals surface area contributed by atoms with Crippen LogP contribution in [-0.2, 0) is 0 Å². The average molecular weight is 371 g/mol. The lowest BCUT2D eigenvalue weighted by molar-refractivity contribution is 0.101. The predicted molar refractivity (Wildman–Crippen MR) is 114 cm³/mol. The highest BCUT2D eigenvalue weighted by molar-refractivity contribution is 5.97. The summed E-state index contributed by atoms with van der Waals surface area (Å²) < 4.78 is 5.41. The van der Waals surface area contributed by atoms with Gasteiger partial charge in [-0.15, -0.1) is 0 Å². The van der Waals surface area contributed by atoms with Gasteiger partial charge in [-0.25, -0.2) is 4.79 Å². The number of fused-ring (bicyclic) bond motifs is 1. The Morgan fingerprint density at radius 1 is 0.786 bits per heavy atom. The number of carbonyl (C=O) groups excluding carboxylic acids is 1. The Kier molecular flexibility index (Phi) is 5.41. The molecule has 140 valence electrons. The third kappa shape index (κ3) is 3.58. The molecule has 0 atom stereocenters. The lowest BCUT2D eigenvalue weighted by Gasteiger charge is -2.25. The molecule has 3 aromatic carbocycles. The van der Waals surface area contributed by atoms with Crippen LogP contribution < -0.4 is 10.5 Å². The number of ketones is 1. The molecule has 1 heterocycles. The zero-order valence-corrected chi connectivity index (χ0v) is 14.8. The number of benzene rings is 3. The van der Waals surface area contributed by atoms with Crippen LogP contribution in [0.15, 0.2) is 94.1 Å². The van der Waals surface area contributed by atoms with Crippen molar-refractivity contribution in [2.24, 2.45) is 0 Å². The highest BCUT2D eigenvalue weighted by atomic mass is 16.4. The van der Waals surface area contributed by atoms with E-state index in [4.69, 9.17) is 4.42 Å². The van der Waals surface area contributed by atoms with Crippen molar-refractivity contribution in [2.45, 2.75) is 14.4 Å². The molecule has 1 aromatic heterocycles. The first-order valence-corrected chi connectivity index (χ1v) is 8.62. The molecule has 4 aromatic rings. The SMILES string of the molecule is C.CC(=O)c1cc2ccc(N(c3ccccc3)c3ccccc3)cc2oc1=O. The van der Waals surface area contributed by atoms with Crippen LogP contribution in [0.3, 0.4) is 0 Å². The summed E-state index contributed by atoms with van der Waals surface area (Å²) in [6, 6.07) is 27.1. The summed E-state index contributed by atoms with van der Waals surface area (Å²) >= 11 is 0. The molecule has 0 aliphatic heterocycles. The van der Waals surface area contributed by atoms with E-state index in [2.05, 4.69) is 4.90 Å². The van der Waals surface area contributed by atoms with Crippen LogP contribution in [0.25, 0.3) is 11.0 Å². The molecule has 4 nitrogen and oxygen atoms in total. The van der Waals surface area contributed by atoms with Crippen LogP contribution >= 0.6 is 0 Å². The minimum absolute atomic E-state index is 0. The van der Waals surface area contributed by atoms with Crippen LogP contribution in [0.5, 0.6) is 0 Å². The fourth-order valence-electron chi connectivity index (χ4n) is 3.09. The van der Waals surface area contributed by atoms with Gasteiger partial charge in [-0.05, 0) is 49.4 Å². The van der Waals surface area contributed by atoms with Crippen molar-refractivity contribution in [3.8, 4) is 0 Å². The normalized spacial score (nSPS) is 10.3. The summed E-state index contributed by atoms with van der Waals surface area (Å²) in [6.45, 7) is 1.36. The summed E-state index contributed by atoms with van der Waals surface area (Å²) in [5, 5.41) is 0.713. The van der Waals surface area contributed by atoms with Gasteiger partial charge in [0.05, 0.1) is 0 Å². The Morgan fingerprint density at radius 3 is 1.89 bits per heavy atom. The number of Topliss-reactive ketones (excluding diaryl/α,β-unsaturated/α-hetero) is 1. The highest BCUT2D eigenvalue weighted by Gasteiger charge is 2.14. The molecule has 0 aliphatic carbocycles. The number of para-hydroxylation sites is 2. The molecule has 0 fully saturated rings. The minimum atomic E-state index is -0.613. The van der Waals surface area contributed by atoms with Gasteiger partial charge in [-0.3, -0.25) is 4.79 Å². The highest BCUT2D eigenvalue weighted by Crippen LogP contribution is 2.35. The van der Waals surface area contributed by atoms with E-state index in [1.807, 2.05) is 78.9 Å². The van der Waals surface area contributed by atoms with Gasteiger partial charge in [0, 0.05) is 28.5 Å². The maximum absolute atomic E-state index is 12.1. The van der Waals surface area contributed by atoms with E-state index in [1.54, 1.807) is 6.07 Å². The Bertz CT molecular complexity index is 1130. The smallest absolute Gasteiger partial charge is 0.347 e.